The molecule has 1 aromatic carbocycles. The summed E-state index contributed by atoms with van der Waals surface area (Å²) in [5.74, 6) is 1.68. The fourth-order valence-electron chi connectivity index (χ4n) is 3.86. The van der Waals surface area contributed by atoms with Gasteiger partial charge in [0.15, 0.2) is 0 Å². The molecule has 2 aliphatic rings. The van der Waals surface area contributed by atoms with Gasteiger partial charge in [0, 0.05) is 38.8 Å². The van der Waals surface area contributed by atoms with Crippen LogP contribution in [0.2, 0.25) is 0 Å². The van der Waals surface area contributed by atoms with Crippen LogP contribution >= 0.6 is 0 Å². The van der Waals surface area contributed by atoms with E-state index in [0.29, 0.717) is 12.0 Å². The van der Waals surface area contributed by atoms with Crippen LogP contribution in [0.25, 0.3) is 0 Å². The number of methoxy groups -OCH3 is 1. The Morgan fingerprint density at radius 2 is 1.82 bits per heavy atom. The second kappa shape index (κ2) is 7.34. The number of hydrogen-bond acceptors (Lipinski definition) is 4. The van der Waals surface area contributed by atoms with Crippen molar-refractivity contribution in [2.24, 2.45) is 11.7 Å². The highest BCUT2D eigenvalue weighted by Gasteiger charge is 2.26. The Morgan fingerprint density at radius 1 is 1.09 bits per heavy atom. The molecule has 1 heterocycles. The summed E-state index contributed by atoms with van der Waals surface area (Å²) in [5, 5.41) is 0. The van der Waals surface area contributed by atoms with Crippen molar-refractivity contribution >= 4 is 5.69 Å². The molecule has 4 heteroatoms. The normalized spacial score (nSPS) is 26.9. The molecule has 0 radical (unpaired) electrons. The molecule has 22 heavy (non-hydrogen) atoms. The molecule has 2 fully saturated rings. The zero-order valence-corrected chi connectivity index (χ0v) is 13.7. The first kappa shape index (κ1) is 15.6. The van der Waals surface area contributed by atoms with Gasteiger partial charge in [-0.25, -0.2) is 0 Å². The second-order valence-corrected chi connectivity index (χ2v) is 6.67. The molecule has 0 amide bonds. The fourth-order valence-corrected chi connectivity index (χ4v) is 3.86. The third-order valence-corrected chi connectivity index (χ3v) is 5.26. The molecular weight excluding hydrogens is 274 g/mol. The standard InChI is InChI=1S/C18H29N3O/c1-22-18-9-5-4-8-17(18)21-12-10-20(11-13-21)14-15-6-2-3-7-16(15)19/h4-5,8-9,15-16H,2-3,6-7,10-14,19H2,1H3. The fraction of sp³-hybridized carbons (Fsp3) is 0.667. The van der Waals surface area contributed by atoms with E-state index in [9.17, 15) is 0 Å². The average Bonchev–Trinajstić information content (AvgIpc) is 2.58. The average molecular weight is 303 g/mol. The predicted molar refractivity (Wildman–Crippen MR) is 91.6 cm³/mol. The number of anilines is 1. The molecule has 1 aromatic rings. The Labute approximate surface area is 134 Å². The Morgan fingerprint density at radius 3 is 2.55 bits per heavy atom. The van der Waals surface area contributed by atoms with Crippen LogP contribution < -0.4 is 15.4 Å². The minimum absolute atomic E-state index is 0.418. The van der Waals surface area contributed by atoms with Gasteiger partial charge in [-0.05, 0) is 30.9 Å². The summed E-state index contributed by atoms with van der Waals surface area (Å²) in [4.78, 5) is 5.04. The molecule has 0 spiro atoms. The number of ether oxygens (including phenoxy) is 1. The first-order valence-electron chi connectivity index (χ1n) is 8.64. The van der Waals surface area contributed by atoms with Crippen LogP contribution in [0.1, 0.15) is 25.7 Å². The van der Waals surface area contributed by atoms with Gasteiger partial charge in [0.2, 0.25) is 0 Å². The lowest BCUT2D eigenvalue weighted by Crippen LogP contribution is -2.50. The number of hydrogen-bond donors (Lipinski definition) is 1. The van der Waals surface area contributed by atoms with E-state index in [2.05, 4.69) is 21.9 Å². The van der Waals surface area contributed by atoms with Gasteiger partial charge in [0.25, 0.3) is 0 Å². The molecule has 4 nitrogen and oxygen atoms in total. The lowest BCUT2D eigenvalue weighted by atomic mass is 9.84. The molecule has 1 saturated carbocycles. The minimum atomic E-state index is 0.418. The highest BCUT2D eigenvalue weighted by atomic mass is 16.5. The van der Waals surface area contributed by atoms with E-state index in [1.807, 2.05) is 12.1 Å². The molecule has 0 bridgehead atoms. The maximum absolute atomic E-state index is 6.30. The van der Waals surface area contributed by atoms with Crippen LogP contribution in [0.3, 0.4) is 0 Å². The molecule has 3 rings (SSSR count). The molecule has 2 atom stereocenters. The molecule has 2 unspecified atom stereocenters. The summed E-state index contributed by atoms with van der Waals surface area (Å²) in [6.07, 6.45) is 5.21. The van der Waals surface area contributed by atoms with E-state index in [0.717, 1.165) is 31.9 Å². The molecule has 2 N–H and O–H groups in total. The summed E-state index contributed by atoms with van der Waals surface area (Å²) in [5.41, 5.74) is 7.52. The molecule has 0 aromatic heterocycles. The maximum atomic E-state index is 6.30. The van der Waals surface area contributed by atoms with Crippen molar-refractivity contribution in [3.63, 3.8) is 0 Å². The van der Waals surface area contributed by atoms with Crippen LogP contribution in [-0.4, -0.2) is 50.8 Å². The topological polar surface area (TPSA) is 41.7 Å². The smallest absolute Gasteiger partial charge is 0.142 e. The summed E-state index contributed by atoms with van der Waals surface area (Å²) < 4.78 is 5.49. The predicted octanol–water partition coefficient (Wildman–Crippen LogP) is 2.33. The summed E-state index contributed by atoms with van der Waals surface area (Å²) in [6, 6.07) is 8.74. The van der Waals surface area contributed by atoms with E-state index in [-0.39, 0.29) is 0 Å². The van der Waals surface area contributed by atoms with Crippen molar-refractivity contribution in [1.82, 2.24) is 4.90 Å². The Hall–Kier alpha value is -1.26. The van der Waals surface area contributed by atoms with Crippen molar-refractivity contribution in [1.29, 1.82) is 0 Å². The molecular formula is C18H29N3O. The van der Waals surface area contributed by atoms with Gasteiger partial charge in [-0.3, -0.25) is 4.90 Å². The quantitative estimate of drug-likeness (QED) is 0.927. The number of nitrogens with two attached hydrogens (primary N) is 1. The molecule has 1 aliphatic heterocycles. The summed E-state index contributed by atoms with van der Waals surface area (Å²) in [7, 11) is 1.75. The zero-order valence-electron chi connectivity index (χ0n) is 13.7. The van der Waals surface area contributed by atoms with Gasteiger partial charge in [0.1, 0.15) is 5.75 Å². The Kier molecular flexibility index (Phi) is 5.21. The van der Waals surface area contributed by atoms with Gasteiger partial charge in [-0.15, -0.1) is 0 Å². The SMILES string of the molecule is COc1ccccc1N1CCN(CC2CCCCC2N)CC1. The minimum Gasteiger partial charge on any atom is -0.495 e. The van der Waals surface area contributed by atoms with Crippen LogP contribution in [0.4, 0.5) is 5.69 Å². The van der Waals surface area contributed by atoms with Crippen molar-refractivity contribution in [3.8, 4) is 5.75 Å². The second-order valence-electron chi connectivity index (χ2n) is 6.67. The largest absolute Gasteiger partial charge is 0.495 e. The van der Waals surface area contributed by atoms with Gasteiger partial charge >= 0.3 is 0 Å². The number of piperazine rings is 1. The van der Waals surface area contributed by atoms with Gasteiger partial charge in [-0.2, -0.15) is 0 Å². The highest BCUT2D eigenvalue weighted by Crippen LogP contribution is 2.29. The van der Waals surface area contributed by atoms with E-state index in [1.54, 1.807) is 7.11 Å². The van der Waals surface area contributed by atoms with Gasteiger partial charge in [0.05, 0.1) is 12.8 Å². The first-order chi connectivity index (χ1) is 10.8. The monoisotopic (exact) mass is 303 g/mol. The summed E-state index contributed by atoms with van der Waals surface area (Å²) >= 11 is 0. The third-order valence-electron chi connectivity index (χ3n) is 5.26. The van der Waals surface area contributed by atoms with Crippen molar-refractivity contribution in [3.05, 3.63) is 24.3 Å². The first-order valence-corrected chi connectivity index (χ1v) is 8.64. The van der Waals surface area contributed by atoms with Crippen LogP contribution in [-0.2, 0) is 0 Å². The Balaban J connectivity index is 1.54. The lowest BCUT2D eigenvalue weighted by molar-refractivity contribution is 0.176. The van der Waals surface area contributed by atoms with E-state index in [1.165, 1.54) is 37.9 Å². The Bertz CT molecular complexity index is 471. The zero-order chi connectivity index (χ0) is 15.4. The molecule has 1 saturated heterocycles. The lowest BCUT2D eigenvalue weighted by Gasteiger charge is -2.40. The summed E-state index contributed by atoms with van der Waals surface area (Å²) in [6.45, 7) is 5.58. The van der Waals surface area contributed by atoms with Gasteiger partial charge < -0.3 is 15.4 Å². The van der Waals surface area contributed by atoms with Crippen LogP contribution in [0.15, 0.2) is 24.3 Å². The number of para-hydroxylation sites is 2. The van der Waals surface area contributed by atoms with Crippen LogP contribution in [0.5, 0.6) is 5.75 Å². The van der Waals surface area contributed by atoms with Gasteiger partial charge in [-0.1, -0.05) is 25.0 Å². The number of benzene rings is 1. The van der Waals surface area contributed by atoms with Crippen molar-refractivity contribution in [2.45, 2.75) is 31.7 Å². The van der Waals surface area contributed by atoms with Crippen molar-refractivity contribution < 1.29 is 4.74 Å². The molecule has 1 aliphatic carbocycles. The maximum Gasteiger partial charge on any atom is 0.142 e. The number of nitrogens with zero attached hydrogens (tertiary/aromatic N) is 2. The highest BCUT2D eigenvalue weighted by molar-refractivity contribution is 5.58. The van der Waals surface area contributed by atoms with E-state index >= 15 is 0 Å². The van der Waals surface area contributed by atoms with E-state index < -0.39 is 0 Å². The molecule has 122 valence electrons. The van der Waals surface area contributed by atoms with E-state index in [4.69, 9.17) is 10.5 Å². The van der Waals surface area contributed by atoms with Crippen molar-refractivity contribution in [2.75, 3.05) is 44.7 Å². The van der Waals surface area contributed by atoms with Crippen LogP contribution in [0, 0.1) is 5.92 Å². The third kappa shape index (κ3) is 3.55. The number of rotatable bonds is 4.